The van der Waals surface area contributed by atoms with Gasteiger partial charge in [0.05, 0.1) is 0 Å². The van der Waals surface area contributed by atoms with Crippen molar-refractivity contribution in [2.45, 2.75) is 52.7 Å². The van der Waals surface area contributed by atoms with Crippen LogP contribution in [0.3, 0.4) is 0 Å². The van der Waals surface area contributed by atoms with Gasteiger partial charge >= 0.3 is 0 Å². The molecule has 4 heteroatoms. The molecule has 0 aliphatic rings. The van der Waals surface area contributed by atoms with Crippen molar-refractivity contribution in [1.29, 1.82) is 0 Å². The highest BCUT2D eigenvalue weighted by molar-refractivity contribution is 7.98. The van der Waals surface area contributed by atoms with E-state index in [1.807, 2.05) is 34.0 Å². The van der Waals surface area contributed by atoms with Gasteiger partial charge in [-0.2, -0.15) is 0 Å². The van der Waals surface area contributed by atoms with E-state index in [9.17, 15) is 0 Å². The van der Waals surface area contributed by atoms with Crippen molar-refractivity contribution < 1.29 is 0 Å². The van der Waals surface area contributed by atoms with Gasteiger partial charge in [0, 0.05) is 17.3 Å². The van der Waals surface area contributed by atoms with Gasteiger partial charge in [-0.25, -0.2) is 9.97 Å². The van der Waals surface area contributed by atoms with Gasteiger partial charge < -0.3 is 5.32 Å². The van der Waals surface area contributed by atoms with Crippen molar-refractivity contribution in [2.75, 3.05) is 11.6 Å². The molecular formula is C12H23N3S. The third kappa shape index (κ3) is 4.39. The Labute approximate surface area is 103 Å². The Kier molecular flexibility index (Phi) is 7.13. The zero-order valence-electron chi connectivity index (χ0n) is 11.4. The van der Waals surface area contributed by atoms with Gasteiger partial charge in [-0.1, -0.05) is 25.6 Å². The molecule has 0 aromatic carbocycles. The Bertz CT molecular complexity index is 324. The number of rotatable bonds is 3. The number of hydrogen-bond acceptors (Lipinski definition) is 4. The molecule has 0 aliphatic carbocycles. The van der Waals surface area contributed by atoms with Gasteiger partial charge in [-0.3, -0.25) is 0 Å². The number of nitrogens with one attached hydrogen (secondary N) is 1. The largest absolute Gasteiger partial charge is 0.368 e. The highest BCUT2D eigenvalue weighted by Gasteiger charge is 2.07. The minimum atomic E-state index is 0.401. The summed E-state index contributed by atoms with van der Waals surface area (Å²) in [6, 6.07) is 0.401. The quantitative estimate of drug-likeness (QED) is 0.647. The fourth-order valence-corrected chi connectivity index (χ4v) is 1.52. The Morgan fingerprint density at radius 1 is 1.12 bits per heavy atom. The van der Waals surface area contributed by atoms with Crippen molar-refractivity contribution >= 4 is 17.6 Å². The number of aromatic nitrogens is 2. The average Bonchev–Trinajstić information content (AvgIpc) is 2.26. The van der Waals surface area contributed by atoms with E-state index in [1.165, 1.54) is 0 Å². The highest BCUT2D eigenvalue weighted by Crippen LogP contribution is 2.19. The van der Waals surface area contributed by atoms with E-state index in [4.69, 9.17) is 0 Å². The predicted octanol–water partition coefficient (Wildman–Crippen LogP) is 3.66. The molecule has 0 aliphatic heterocycles. The predicted molar refractivity (Wildman–Crippen MR) is 73.4 cm³/mol. The lowest BCUT2D eigenvalue weighted by atomic mass is 10.2. The van der Waals surface area contributed by atoms with Crippen LogP contribution in [-0.2, 0) is 0 Å². The molecule has 0 atom stereocenters. The number of aryl methyl sites for hydroxylation is 1. The summed E-state index contributed by atoms with van der Waals surface area (Å²) in [5.74, 6) is 0.955. The van der Waals surface area contributed by atoms with Gasteiger partial charge in [0.2, 0.25) is 0 Å². The van der Waals surface area contributed by atoms with Crippen molar-refractivity contribution in [3.05, 3.63) is 11.3 Å². The van der Waals surface area contributed by atoms with Crippen LogP contribution >= 0.6 is 11.8 Å². The van der Waals surface area contributed by atoms with Crippen LogP contribution < -0.4 is 5.32 Å². The van der Waals surface area contributed by atoms with Crippen LogP contribution in [0.15, 0.2) is 5.16 Å². The van der Waals surface area contributed by atoms with Crippen LogP contribution in [0, 0.1) is 13.8 Å². The molecule has 16 heavy (non-hydrogen) atoms. The first kappa shape index (κ1) is 15.2. The van der Waals surface area contributed by atoms with E-state index in [-0.39, 0.29) is 0 Å². The highest BCUT2D eigenvalue weighted by atomic mass is 32.2. The standard InChI is InChI=1S/C10H17N3S.C2H6/c1-6(2)11-9-7(3)8(4)12-10(13-9)14-5;1-2/h6H,1-5H3,(H,11,12,13);1-2H3. The molecule has 3 nitrogen and oxygen atoms in total. The van der Waals surface area contributed by atoms with E-state index < -0.39 is 0 Å². The summed E-state index contributed by atoms with van der Waals surface area (Å²) < 4.78 is 0. The zero-order chi connectivity index (χ0) is 12.7. The number of nitrogens with zero attached hydrogens (tertiary/aromatic N) is 2. The molecule has 1 N–H and O–H groups in total. The third-order valence-corrected chi connectivity index (χ3v) is 2.52. The molecule has 0 saturated heterocycles. The minimum Gasteiger partial charge on any atom is -0.368 e. The Hall–Kier alpha value is -0.770. The maximum Gasteiger partial charge on any atom is 0.189 e. The van der Waals surface area contributed by atoms with Gasteiger partial charge in [0.25, 0.3) is 0 Å². The summed E-state index contributed by atoms with van der Waals surface area (Å²) >= 11 is 1.57. The van der Waals surface area contributed by atoms with Gasteiger partial charge in [0.1, 0.15) is 5.82 Å². The van der Waals surface area contributed by atoms with Crippen molar-refractivity contribution in [3.63, 3.8) is 0 Å². The summed E-state index contributed by atoms with van der Waals surface area (Å²) in [6.07, 6.45) is 1.99. The lowest BCUT2D eigenvalue weighted by Crippen LogP contribution is -2.13. The van der Waals surface area contributed by atoms with E-state index in [0.29, 0.717) is 6.04 Å². The first-order valence-corrected chi connectivity index (χ1v) is 6.92. The molecule has 0 spiro atoms. The Morgan fingerprint density at radius 2 is 1.69 bits per heavy atom. The fourth-order valence-electron chi connectivity index (χ4n) is 1.11. The lowest BCUT2D eigenvalue weighted by molar-refractivity contribution is 0.850. The van der Waals surface area contributed by atoms with Gasteiger partial charge in [-0.05, 0) is 34.0 Å². The van der Waals surface area contributed by atoms with E-state index in [0.717, 1.165) is 22.2 Å². The molecule has 0 radical (unpaired) electrons. The summed E-state index contributed by atoms with van der Waals surface area (Å²) in [7, 11) is 0. The summed E-state index contributed by atoms with van der Waals surface area (Å²) in [6.45, 7) is 12.3. The molecular weight excluding hydrogens is 218 g/mol. The number of hydrogen-bond donors (Lipinski definition) is 1. The van der Waals surface area contributed by atoms with Crippen LogP contribution in [0.2, 0.25) is 0 Å². The topological polar surface area (TPSA) is 37.8 Å². The number of anilines is 1. The molecule has 0 saturated carbocycles. The molecule has 1 aromatic heterocycles. The van der Waals surface area contributed by atoms with E-state index in [2.05, 4.69) is 29.1 Å². The molecule has 0 fully saturated rings. The molecule has 0 bridgehead atoms. The molecule has 1 heterocycles. The maximum atomic E-state index is 4.43. The van der Waals surface area contributed by atoms with E-state index >= 15 is 0 Å². The smallest absolute Gasteiger partial charge is 0.189 e. The third-order valence-electron chi connectivity index (χ3n) is 1.98. The number of thioether (sulfide) groups is 1. The van der Waals surface area contributed by atoms with Crippen molar-refractivity contribution in [1.82, 2.24) is 9.97 Å². The Morgan fingerprint density at radius 3 is 2.12 bits per heavy atom. The lowest BCUT2D eigenvalue weighted by Gasteiger charge is -2.13. The second-order valence-electron chi connectivity index (χ2n) is 3.57. The average molecular weight is 241 g/mol. The summed E-state index contributed by atoms with van der Waals surface area (Å²) in [5, 5.41) is 4.15. The van der Waals surface area contributed by atoms with Crippen LogP contribution in [0.25, 0.3) is 0 Å². The normalized spacial score (nSPS) is 9.75. The van der Waals surface area contributed by atoms with Crippen LogP contribution in [-0.4, -0.2) is 22.3 Å². The Balaban J connectivity index is 0.00000106. The maximum absolute atomic E-state index is 4.43. The summed E-state index contributed by atoms with van der Waals surface area (Å²) in [4.78, 5) is 8.80. The molecule has 0 unspecified atom stereocenters. The SMILES string of the molecule is CC.CSc1nc(C)c(C)c(NC(C)C)n1. The zero-order valence-corrected chi connectivity index (χ0v) is 12.2. The van der Waals surface area contributed by atoms with Crippen LogP contribution in [0.1, 0.15) is 39.0 Å². The molecule has 1 aromatic rings. The van der Waals surface area contributed by atoms with E-state index in [1.54, 1.807) is 11.8 Å². The van der Waals surface area contributed by atoms with Gasteiger partial charge in [0.15, 0.2) is 5.16 Å². The molecule has 92 valence electrons. The first-order chi connectivity index (χ1) is 7.54. The first-order valence-electron chi connectivity index (χ1n) is 5.70. The monoisotopic (exact) mass is 241 g/mol. The second kappa shape index (κ2) is 7.49. The molecule has 1 rings (SSSR count). The second-order valence-corrected chi connectivity index (χ2v) is 4.34. The minimum absolute atomic E-state index is 0.401. The fraction of sp³-hybridized carbons (Fsp3) is 0.667. The summed E-state index contributed by atoms with van der Waals surface area (Å²) in [5.41, 5.74) is 2.18. The van der Waals surface area contributed by atoms with Crippen molar-refractivity contribution in [2.24, 2.45) is 0 Å². The molecule has 0 amide bonds. The van der Waals surface area contributed by atoms with Crippen LogP contribution in [0.5, 0.6) is 0 Å². The van der Waals surface area contributed by atoms with Crippen LogP contribution in [0.4, 0.5) is 5.82 Å². The van der Waals surface area contributed by atoms with Crippen molar-refractivity contribution in [3.8, 4) is 0 Å². The van der Waals surface area contributed by atoms with Gasteiger partial charge in [-0.15, -0.1) is 0 Å².